The highest BCUT2D eigenvalue weighted by atomic mass is 16.5. The van der Waals surface area contributed by atoms with Crippen molar-refractivity contribution in [1.29, 1.82) is 5.26 Å². The fraction of sp³-hybridized carbons (Fsp3) is 0.235. The van der Waals surface area contributed by atoms with Crippen LogP contribution in [0.3, 0.4) is 0 Å². The van der Waals surface area contributed by atoms with Crippen LogP contribution in [0.15, 0.2) is 42.5 Å². The van der Waals surface area contributed by atoms with Crippen molar-refractivity contribution in [2.24, 2.45) is 0 Å². The minimum absolute atomic E-state index is 0.660. The summed E-state index contributed by atoms with van der Waals surface area (Å²) in [6.07, 6.45) is 0. The molecule has 0 spiro atoms. The van der Waals surface area contributed by atoms with Crippen LogP contribution in [0, 0.1) is 11.3 Å². The van der Waals surface area contributed by atoms with Gasteiger partial charge in [0.05, 0.1) is 18.4 Å². The Balaban J connectivity index is 2.14. The van der Waals surface area contributed by atoms with E-state index in [1.54, 1.807) is 7.11 Å². The molecule has 106 valence electrons. The average Bonchev–Trinajstić information content (AvgIpc) is 2.76. The van der Waals surface area contributed by atoms with E-state index in [4.69, 9.17) is 4.74 Å². The van der Waals surface area contributed by atoms with Crippen molar-refractivity contribution in [3.05, 3.63) is 53.6 Å². The Morgan fingerprint density at radius 1 is 1.19 bits per heavy atom. The van der Waals surface area contributed by atoms with Gasteiger partial charge in [-0.15, -0.1) is 0 Å². The monoisotopic (exact) mass is 279 g/mol. The van der Waals surface area contributed by atoms with E-state index in [0.717, 1.165) is 36.8 Å². The number of rotatable bonds is 2. The number of hydrogen-bond donors (Lipinski definition) is 1. The van der Waals surface area contributed by atoms with Gasteiger partial charge in [-0.1, -0.05) is 18.2 Å². The van der Waals surface area contributed by atoms with Gasteiger partial charge in [0.15, 0.2) is 0 Å². The van der Waals surface area contributed by atoms with Gasteiger partial charge in [0.25, 0.3) is 0 Å². The van der Waals surface area contributed by atoms with E-state index in [1.165, 1.54) is 5.56 Å². The molecule has 1 heterocycles. The molecule has 2 aromatic carbocycles. The van der Waals surface area contributed by atoms with Crippen molar-refractivity contribution in [3.8, 4) is 11.8 Å². The quantitative estimate of drug-likeness (QED) is 0.918. The number of nitriles is 1. The molecule has 0 bridgehead atoms. The molecule has 0 aliphatic carbocycles. The number of benzene rings is 2. The van der Waals surface area contributed by atoms with Gasteiger partial charge in [0.1, 0.15) is 11.8 Å². The molecule has 0 amide bonds. The van der Waals surface area contributed by atoms with Gasteiger partial charge in [-0.25, -0.2) is 0 Å². The lowest BCUT2D eigenvalue weighted by atomic mass is 10.1. The van der Waals surface area contributed by atoms with Crippen LogP contribution in [0.4, 0.5) is 11.4 Å². The SMILES string of the molecule is COc1ccc(C#N)c(N2CCNCc3ccccc32)c1. The zero-order chi connectivity index (χ0) is 14.7. The third-order valence-electron chi connectivity index (χ3n) is 3.73. The van der Waals surface area contributed by atoms with Crippen molar-refractivity contribution in [2.45, 2.75) is 6.54 Å². The molecule has 1 N–H and O–H groups in total. The van der Waals surface area contributed by atoms with E-state index in [9.17, 15) is 5.26 Å². The average molecular weight is 279 g/mol. The van der Waals surface area contributed by atoms with Crippen LogP contribution >= 0.6 is 0 Å². The van der Waals surface area contributed by atoms with Crippen molar-refractivity contribution < 1.29 is 4.74 Å². The summed E-state index contributed by atoms with van der Waals surface area (Å²) in [5, 5.41) is 12.8. The first-order valence-electron chi connectivity index (χ1n) is 6.98. The Hall–Kier alpha value is -2.51. The summed E-state index contributed by atoms with van der Waals surface area (Å²) >= 11 is 0. The molecule has 0 fully saturated rings. The first kappa shape index (κ1) is 13.5. The second-order valence-electron chi connectivity index (χ2n) is 4.95. The normalized spacial score (nSPS) is 14.0. The number of fused-ring (bicyclic) bond motifs is 1. The van der Waals surface area contributed by atoms with Crippen molar-refractivity contribution in [2.75, 3.05) is 25.1 Å². The molecular weight excluding hydrogens is 262 g/mol. The Kier molecular flexibility index (Phi) is 3.76. The Morgan fingerprint density at radius 3 is 2.86 bits per heavy atom. The summed E-state index contributed by atoms with van der Waals surface area (Å²) in [6, 6.07) is 16.1. The molecule has 4 heteroatoms. The standard InChI is InChI=1S/C17H17N3O/c1-21-15-7-6-13(11-18)17(10-15)20-9-8-19-12-14-4-2-3-5-16(14)20/h2-7,10,19H,8-9,12H2,1H3. The van der Waals surface area contributed by atoms with Crippen LogP contribution in [0.1, 0.15) is 11.1 Å². The van der Waals surface area contributed by atoms with Gasteiger partial charge in [0, 0.05) is 31.4 Å². The summed E-state index contributed by atoms with van der Waals surface area (Å²) in [4.78, 5) is 2.19. The topological polar surface area (TPSA) is 48.3 Å². The molecule has 0 saturated carbocycles. The van der Waals surface area contributed by atoms with Gasteiger partial charge < -0.3 is 15.0 Å². The smallest absolute Gasteiger partial charge is 0.121 e. The first-order valence-corrected chi connectivity index (χ1v) is 6.98. The summed E-state index contributed by atoms with van der Waals surface area (Å²) in [6.45, 7) is 2.54. The molecule has 2 aromatic rings. The minimum Gasteiger partial charge on any atom is -0.497 e. The number of anilines is 2. The molecule has 0 atom stereocenters. The van der Waals surface area contributed by atoms with Crippen LogP contribution in [-0.4, -0.2) is 20.2 Å². The zero-order valence-electron chi connectivity index (χ0n) is 12.0. The molecule has 1 aliphatic heterocycles. The maximum absolute atomic E-state index is 9.40. The largest absolute Gasteiger partial charge is 0.497 e. The second-order valence-corrected chi connectivity index (χ2v) is 4.95. The number of para-hydroxylation sites is 1. The molecule has 3 rings (SSSR count). The van der Waals surface area contributed by atoms with Gasteiger partial charge in [-0.3, -0.25) is 0 Å². The van der Waals surface area contributed by atoms with Gasteiger partial charge >= 0.3 is 0 Å². The van der Waals surface area contributed by atoms with E-state index in [1.807, 2.05) is 30.3 Å². The highest BCUT2D eigenvalue weighted by Crippen LogP contribution is 2.34. The summed E-state index contributed by atoms with van der Waals surface area (Å²) in [5.74, 6) is 0.763. The lowest BCUT2D eigenvalue weighted by Gasteiger charge is -2.26. The lowest BCUT2D eigenvalue weighted by Crippen LogP contribution is -2.25. The predicted molar refractivity (Wildman–Crippen MR) is 82.9 cm³/mol. The summed E-state index contributed by atoms with van der Waals surface area (Å²) < 4.78 is 5.31. The summed E-state index contributed by atoms with van der Waals surface area (Å²) in [7, 11) is 1.64. The molecule has 0 unspecified atom stereocenters. The third kappa shape index (κ3) is 2.56. The van der Waals surface area contributed by atoms with Crippen LogP contribution in [0.2, 0.25) is 0 Å². The van der Waals surface area contributed by atoms with Crippen LogP contribution in [0.5, 0.6) is 5.75 Å². The fourth-order valence-electron chi connectivity index (χ4n) is 2.66. The van der Waals surface area contributed by atoms with Gasteiger partial charge in [-0.05, 0) is 23.8 Å². The molecule has 0 aromatic heterocycles. The van der Waals surface area contributed by atoms with E-state index >= 15 is 0 Å². The third-order valence-corrected chi connectivity index (χ3v) is 3.73. The maximum Gasteiger partial charge on any atom is 0.121 e. The fourth-order valence-corrected chi connectivity index (χ4v) is 2.66. The van der Waals surface area contributed by atoms with Crippen molar-refractivity contribution >= 4 is 11.4 Å². The number of ether oxygens (including phenoxy) is 1. The van der Waals surface area contributed by atoms with Crippen molar-refractivity contribution in [1.82, 2.24) is 5.32 Å². The first-order chi connectivity index (χ1) is 10.3. The molecule has 1 aliphatic rings. The highest BCUT2D eigenvalue weighted by molar-refractivity contribution is 5.73. The Bertz CT molecular complexity index is 691. The number of hydrogen-bond acceptors (Lipinski definition) is 4. The van der Waals surface area contributed by atoms with Crippen LogP contribution < -0.4 is 15.0 Å². The van der Waals surface area contributed by atoms with Crippen molar-refractivity contribution in [3.63, 3.8) is 0 Å². The maximum atomic E-state index is 9.40. The van der Waals surface area contributed by atoms with E-state index < -0.39 is 0 Å². The molecule has 0 saturated heterocycles. The molecule has 0 radical (unpaired) electrons. The number of methoxy groups -OCH3 is 1. The Morgan fingerprint density at radius 2 is 2.05 bits per heavy atom. The zero-order valence-corrected chi connectivity index (χ0v) is 12.0. The predicted octanol–water partition coefficient (Wildman–Crippen LogP) is 2.81. The highest BCUT2D eigenvalue weighted by Gasteiger charge is 2.19. The molecule has 21 heavy (non-hydrogen) atoms. The van der Waals surface area contributed by atoms with Gasteiger partial charge in [0.2, 0.25) is 0 Å². The lowest BCUT2D eigenvalue weighted by molar-refractivity contribution is 0.415. The van der Waals surface area contributed by atoms with E-state index in [2.05, 4.69) is 28.4 Å². The molecular formula is C17H17N3O. The van der Waals surface area contributed by atoms with E-state index in [-0.39, 0.29) is 0 Å². The number of nitrogens with one attached hydrogen (secondary N) is 1. The number of nitrogens with zero attached hydrogens (tertiary/aromatic N) is 2. The Labute approximate surface area is 124 Å². The summed E-state index contributed by atoms with van der Waals surface area (Å²) in [5.41, 5.74) is 3.94. The molecule has 4 nitrogen and oxygen atoms in total. The van der Waals surface area contributed by atoms with E-state index in [0.29, 0.717) is 5.56 Å². The van der Waals surface area contributed by atoms with Crippen LogP contribution in [0.25, 0.3) is 0 Å². The van der Waals surface area contributed by atoms with Gasteiger partial charge in [-0.2, -0.15) is 5.26 Å². The van der Waals surface area contributed by atoms with Crippen LogP contribution in [-0.2, 0) is 6.54 Å². The minimum atomic E-state index is 0.660. The second kappa shape index (κ2) is 5.86.